The predicted molar refractivity (Wildman–Crippen MR) is 57.4 cm³/mol. The summed E-state index contributed by atoms with van der Waals surface area (Å²) in [6.07, 6.45) is 3.68. The Morgan fingerprint density at radius 1 is 1.50 bits per heavy atom. The van der Waals surface area contributed by atoms with Gasteiger partial charge in [-0.2, -0.15) is 0 Å². The molecule has 0 aromatic carbocycles. The molecular formula is C10H17N3O. The quantitative estimate of drug-likeness (QED) is 0.403. The number of hydrogen-bond donors (Lipinski definition) is 2. The van der Waals surface area contributed by atoms with E-state index in [1.54, 1.807) is 13.1 Å². The Kier molecular flexibility index (Phi) is 2.84. The highest BCUT2D eigenvalue weighted by atomic mass is 16.5. The van der Waals surface area contributed by atoms with Gasteiger partial charge >= 0.3 is 0 Å². The van der Waals surface area contributed by atoms with Gasteiger partial charge in [0.15, 0.2) is 0 Å². The van der Waals surface area contributed by atoms with Gasteiger partial charge in [0.05, 0.1) is 5.70 Å². The van der Waals surface area contributed by atoms with E-state index >= 15 is 0 Å². The molecule has 0 bridgehead atoms. The average molecular weight is 195 g/mol. The number of hydrogen-bond acceptors (Lipinski definition) is 4. The number of nitrogens with zero attached hydrogens (tertiary/aromatic N) is 1. The summed E-state index contributed by atoms with van der Waals surface area (Å²) < 4.78 is 5.63. The van der Waals surface area contributed by atoms with Crippen LogP contribution in [0, 0.1) is 0 Å². The lowest BCUT2D eigenvalue weighted by atomic mass is 10.3. The van der Waals surface area contributed by atoms with Crippen molar-refractivity contribution in [1.82, 2.24) is 0 Å². The van der Waals surface area contributed by atoms with Crippen LogP contribution in [-0.2, 0) is 4.74 Å². The smallest absolute Gasteiger partial charge is 0.239 e. The van der Waals surface area contributed by atoms with Crippen LogP contribution in [0.2, 0.25) is 0 Å². The first-order valence-electron chi connectivity index (χ1n) is 4.61. The van der Waals surface area contributed by atoms with E-state index in [9.17, 15) is 0 Å². The van der Waals surface area contributed by atoms with Crippen LogP contribution < -0.4 is 11.5 Å². The van der Waals surface area contributed by atoms with E-state index in [1.807, 2.05) is 6.92 Å². The Bertz CT molecular complexity index is 300. The third kappa shape index (κ3) is 2.52. The second-order valence-corrected chi connectivity index (χ2v) is 3.68. The third-order valence-corrected chi connectivity index (χ3v) is 2.12. The van der Waals surface area contributed by atoms with Gasteiger partial charge in [-0.05, 0) is 26.7 Å². The first kappa shape index (κ1) is 10.6. The van der Waals surface area contributed by atoms with Crippen molar-refractivity contribution in [1.29, 1.82) is 0 Å². The lowest BCUT2D eigenvalue weighted by Crippen LogP contribution is -2.16. The average Bonchev–Trinajstić information content (AvgIpc) is 2.81. The van der Waals surface area contributed by atoms with Crippen LogP contribution in [0.1, 0.15) is 26.7 Å². The van der Waals surface area contributed by atoms with Crippen molar-refractivity contribution in [3.63, 3.8) is 0 Å². The highest BCUT2D eigenvalue weighted by Gasteiger charge is 2.41. The molecule has 0 aromatic heterocycles. The standard InChI is InChI=1S/C10H17N3O/c1-4-13-9(8(12)7(2)11)14-10(3)5-6-10/h4H,2,5-6,11-12H2,1,3H3/b9-8-,13-4-. The van der Waals surface area contributed by atoms with Gasteiger partial charge in [0.25, 0.3) is 0 Å². The first-order chi connectivity index (χ1) is 6.48. The van der Waals surface area contributed by atoms with Gasteiger partial charge in [0.1, 0.15) is 11.3 Å². The summed E-state index contributed by atoms with van der Waals surface area (Å²) in [5.41, 5.74) is 11.7. The zero-order chi connectivity index (χ0) is 10.8. The van der Waals surface area contributed by atoms with Crippen LogP contribution in [0.15, 0.2) is 28.8 Å². The Morgan fingerprint density at radius 2 is 2.07 bits per heavy atom. The van der Waals surface area contributed by atoms with Crippen LogP contribution in [-0.4, -0.2) is 11.8 Å². The number of nitrogens with two attached hydrogens (primary N) is 2. The highest BCUT2D eigenvalue weighted by Crippen LogP contribution is 2.41. The second kappa shape index (κ2) is 3.74. The molecule has 0 unspecified atom stereocenters. The molecule has 78 valence electrons. The summed E-state index contributed by atoms with van der Waals surface area (Å²) in [5, 5.41) is 0. The molecule has 1 aliphatic rings. The summed E-state index contributed by atoms with van der Waals surface area (Å²) in [4.78, 5) is 4.04. The summed E-state index contributed by atoms with van der Waals surface area (Å²) in [6.45, 7) is 7.36. The molecule has 1 aliphatic carbocycles. The SMILES string of the molecule is C=C(N)/C(N)=C(\N=C/C)OC1(C)CC1. The van der Waals surface area contributed by atoms with Crippen molar-refractivity contribution >= 4 is 6.21 Å². The van der Waals surface area contributed by atoms with E-state index in [0.717, 1.165) is 12.8 Å². The van der Waals surface area contributed by atoms with Gasteiger partial charge in [-0.15, -0.1) is 0 Å². The second-order valence-electron chi connectivity index (χ2n) is 3.68. The lowest BCUT2D eigenvalue weighted by molar-refractivity contribution is 0.107. The zero-order valence-electron chi connectivity index (χ0n) is 8.71. The maximum absolute atomic E-state index is 5.70. The minimum atomic E-state index is -0.109. The van der Waals surface area contributed by atoms with Crippen LogP contribution in [0.5, 0.6) is 0 Å². The van der Waals surface area contributed by atoms with Gasteiger partial charge in [0.2, 0.25) is 5.88 Å². The fourth-order valence-electron chi connectivity index (χ4n) is 0.917. The van der Waals surface area contributed by atoms with Crippen molar-refractivity contribution < 1.29 is 4.74 Å². The molecule has 0 heterocycles. The summed E-state index contributed by atoms with van der Waals surface area (Å²) in [6, 6.07) is 0. The molecule has 1 rings (SSSR count). The fourth-order valence-corrected chi connectivity index (χ4v) is 0.917. The molecule has 1 fully saturated rings. The van der Waals surface area contributed by atoms with Crippen molar-refractivity contribution in [3.05, 3.63) is 23.9 Å². The fraction of sp³-hybridized carbons (Fsp3) is 0.500. The molecule has 0 saturated heterocycles. The Morgan fingerprint density at radius 3 is 2.43 bits per heavy atom. The normalized spacial score (nSPS) is 20.4. The van der Waals surface area contributed by atoms with Gasteiger partial charge in [-0.3, -0.25) is 0 Å². The van der Waals surface area contributed by atoms with E-state index in [0.29, 0.717) is 11.6 Å². The Hall–Kier alpha value is -1.45. The molecule has 4 N–H and O–H groups in total. The summed E-state index contributed by atoms with van der Waals surface area (Å²) in [7, 11) is 0. The molecule has 0 spiro atoms. The van der Waals surface area contributed by atoms with Crippen LogP contribution in [0.25, 0.3) is 0 Å². The van der Waals surface area contributed by atoms with Gasteiger partial charge < -0.3 is 16.2 Å². The largest absolute Gasteiger partial charge is 0.470 e. The van der Waals surface area contributed by atoms with Gasteiger partial charge in [-0.25, -0.2) is 4.99 Å². The Balaban J connectivity index is 2.83. The maximum Gasteiger partial charge on any atom is 0.239 e. The zero-order valence-corrected chi connectivity index (χ0v) is 8.71. The van der Waals surface area contributed by atoms with E-state index in [1.165, 1.54) is 0 Å². The molecule has 0 aliphatic heterocycles. The third-order valence-electron chi connectivity index (χ3n) is 2.12. The molecular weight excluding hydrogens is 178 g/mol. The summed E-state index contributed by atoms with van der Waals surface area (Å²) in [5.74, 6) is 0.375. The minimum Gasteiger partial charge on any atom is -0.470 e. The number of aliphatic imine (C=N–C) groups is 1. The predicted octanol–water partition coefficient (Wildman–Crippen LogP) is 1.25. The molecule has 0 amide bonds. The van der Waals surface area contributed by atoms with Crippen LogP contribution in [0.3, 0.4) is 0 Å². The molecule has 4 nitrogen and oxygen atoms in total. The van der Waals surface area contributed by atoms with Gasteiger partial charge in [0, 0.05) is 6.21 Å². The van der Waals surface area contributed by atoms with E-state index < -0.39 is 0 Å². The monoisotopic (exact) mass is 195 g/mol. The molecule has 1 saturated carbocycles. The minimum absolute atomic E-state index is 0.109. The van der Waals surface area contributed by atoms with E-state index in [4.69, 9.17) is 16.2 Å². The molecule has 0 atom stereocenters. The van der Waals surface area contributed by atoms with Crippen molar-refractivity contribution in [2.75, 3.05) is 0 Å². The van der Waals surface area contributed by atoms with Crippen molar-refractivity contribution in [3.8, 4) is 0 Å². The maximum atomic E-state index is 5.70. The van der Waals surface area contributed by atoms with Crippen molar-refractivity contribution in [2.24, 2.45) is 16.5 Å². The number of rotatable bonds is 4. The topological polar surface area (TPSA) is 73.6 Å². The van der Waals surface area contributed by atoms with Gasteiger partial charge in [-0.1, -0.05) is 6.58 Å². The molecule has 14 heavy (non-hydrogen) atoms. The van der Waals surface area contributed by atoms with E-state index in [-0.39, 0.29) is 11.3 Å². The molecule has 0 radical (unpaired) electrons. The van der Waals surface area contributed by atoms with Crippen LogP contribution >= 0.6 is 0 Å². The van der Waals surface area contributed by atoms with E-state index in [2.05, 4.69) is 11.6 Å². The highest BCUT2D eigenvalue weighted by molar-refractivity contribution is 5.55. The first-order valence-corrected chi connectivity index (χ1v) is 4.61. The van der Waals surface area contributed by atoms with Crippen molar-refractivity contribution in [2.45, 2.75) is 32.3 Å². The Labute approximate surface area is 84.3 Å². The molecule has 0 aromatic rings. The molecule has 4 heteroatoms. The summed E-state index contributed by atoms with van der Waals surface area (Å²) >= 11 is 0. The lowest BCUT2D eigenvalue weighted by Gasteiger charge is -2.14. The van der Waals surface area contributed by atoms with Crippen LogP contribution in [0.4, 0.5) is 0 Å². The number of ether oxygens (including phenoxy) is 1.